The van der Waals surface area contributed by atoms with E-state index in [1.54, 1.807) is 0 Å². The molecule has 2 aromatic heterocycles. The van der Waals surface area contributed by atoms with Crippen molar-refractivity contribution in [3.63, 3.8) is 0 Å². The number of hydrogen-bond donors (Lipinski definition) is 1. The zero-order chi connectivity index (χ0) is 18.0. The van der Waals surface area contributed by atoms with Crippen LogP contribution in [-0.2, 0) is 6.54 Å². The highest BCUT2D eigenvalue weighted by Gasteiger charge is 2.40. The Morgan fingerprint density at radius 3 is 2.64 bits per heavy atom. The number of nitrogens with one attached hydrogen (secondary N) is 1. The Morgan fingerprint density at radius 2 is 2.04 bits per heavy atom. The summed E-state index contributed by atoms with van der Waals surface area (Å²) in [6.45, 7) is 10.8. The van der Waals surface area contributed by atoms with E-state index in [2.05, 4.69) is 59.6 Å². The number of aryl methyl sites for hydroxylation is 1. The van der Waals surface area contributed by atoms with E-state index in [-0.39, 0.29) is 12.1 Å². The van der Waals surface area contributed by atoms with Crippen molar-refractivity contribution in [1.29, 1.82) is 0 Å². The molecule has 25 heavy (non-hydrogen) atoms. The van der Waals surface area contributed by atoms with Gasteiger partial charge in [0.1, 0.15) is 0 Å². The molecule has 3 rings (SSSR count). The van der Waals surface area contributed by atoms with Crippen molar-refractivity contribution in [2.24, 2.45) is 0 Å². The third-order valence-corrected chi connectivity index (χ3v) is 5.55. The molecule has 0 radical (unpaired) electrons. The van der Waals surface area contributed by atoms with Gasteiger partial charge in [-0.1, -0.05) is 19.4 Å². The highest BCUT2D eigenvalue weighted by Crippen LogP contribution is 2.40. The topological polar surface area (TPSA) is 33.1 Å². The Hall–Kier alpha value is -1.88. The largest absolute Gasteiger partial charge is 0.352 e. The van der Waals surface area contributed by atoms with Crippen molar-refractivity contribution in [3.05, 3.63) is 53.1 Å². The minimum atomic E-state index is 0.0939. The standard InChI is InChI=1S/C20H28N4S/c1-5-7-12-24-19(16-13-14(3)23(6-2)15(16)4)18(22-20(24)25)17-10-8-9-11-21-17/h8-11,13,18-19H,5-7,12H2,1-4H3,(H,22,25). The van der Waals surface area contributed by atoms with Gasteiger partial charge < -0.3 is 14.8 Å². The fourth-order valence-corrected chi connectivity index (χ4v) is 4.26. The fraction of sp³-hybridized carbons (Fsp3) is 0.500. The van der Waals surface area contributed by atoms with E-state index in [1.165, 1.54) is 17.0 Å². The van der Waals surface area contributed by atoms with Gasteiger partial charge in [-0.15, -0.1) is 0 Å². The van der Waals surface area contributed by atoms with Gasteiger partial charge in [-0.05, 0) is 63.2 Å². The summed E-state index contributed by atoms with van der Waals surface area (Å²) in [4.78, 5) is 6.97. The van der Waals surface area contributed by atoms with Crippen LogP contribution in [0.5, 0.6) is 0 Å². The molecule has 2 atom stereocenters. The third-order valence-electron chi connectivity index (χ3n) is 5.20. The molecule has 1 saturated heterocycles. The van der Waals surface area contributed by atoms with Gasteiger partial charge >= 0.3 is 0 Å². The lowest BCUT2D eigenvalue weighted by molar-refractivity contribution is 0.311. The van der Waals surface area contributed by atoms with Gasteiger partial charge in [-0.2, -0.15) is 0 Å². The first-order valence-corrected chi connectivity index (χ1v) is 9.64. The van der Waals surface area contributed by atoms with Crippen LogP contribution >= 0.6 is 12.2 Å². The van der Waals surface area contributed by atoms with E-state index < -0.39 is 0 Å². The van der Waals surface area contributed by atoms with Crippen LogP contribution in [0.15, 0.2) is 30.5 Å². The van der Waals surface area contributed by atoms with Crippen molar-refractivity contribution in [1.82, 2.24) is 19.8 Å². The first kappa shape index (κ1) is 17.9. The maximum atomic E-state index is 5.70. The Balaban J connectivity index is 2.06. The molecular weight excluding hydrogens is 328 g/mol. The van der Waals surface area contributed by atoms with E-state index in [0.29, 0.717) is 0 Å². The van der Waals surface area contributed by atoms with Crippen LogP contribution in [0.4, 0.5) is 0 Å². The number of aromatic nitrogens is 2. The van der Waals surface area contributed by atoms with Crippen LogP contribution in [0.2, 0.25) is 0 Å². The summed E-state index contributed by atoms with van der Waals surface area (Å²) in [5.41, 5.74) is 5.05. The zero-order valence-corrected chi connectivity index (χ0v) is 16.4. The van der Waals surface area contributed by atoms with Crippen LogP contribution in [0.25, 0.3) is 0 Å². The van der Waals surface area contributed by atoms with Crippen molar-refractivity contribution >= 4 is 17.3 Å². The summed E-state index contributed by atoms with van der Waals surface area (Å²) in [6, 6.07) is 8.72. The maximum Gasteiger partial charge on any atom is 0.170 e. The van der Waals surface area contributed by atoms with Gasteiger partial charge in [0.15, 0.2) is 5.11 Å². The van der Waals surface area contributed by atoms with Crippen molar-refractivity contribution in [2.45, 2.75) is 59.2 Å². The number of rotatable bonds is 6. The molecule has 0 spiro atoms. The first-order chi connectivity index (χ1) is 12.1. The zero-order valence-electron chi connectivity index (χ0n) is 15.6. The molecule has 0 aromatic carbocycles. The molecule has 1 fully saturated rings. The lowest BCUT2D eigenvalue weighted by atomic mass is 9.96. The van der Waals surface area contributed by atoms with Crippen LogP contribution < -0.4 is 5.32 Å². The Bertz CT molecular complexity index is 738. The number of hydrogen-bond acceptors (Lipinski definition) is 2. The third kappa shape index (κ3) is 3.30. The first-order valence-electron chi connectivity index (χ1n) is 9.23. The van der Waals surface area contributed by atoms with Crippen molar-refractivity contribution < 1.29 is 0 Å². The molecule has 1 N–H and O–H groups in total. The molecular formula is C20H28N4S. The minimum absolute atomic E-state index is 0.0939. The Labute approximate surface area is 156 Å². The summed E-state index contributed by atoms with van der Waals surface area (Å²) >= 11 is 5.70. The summed E-state index contributed by atoms with van der Waals surface area (Å²) in [5, 5.41) is 4.38. The molecule has 1 aliphatic rings. The molecule has 0 bridgehead atoms. The van der Waals surface area contributed by atoms with Crippen LogP contribution in [-0.4, -0.2) is 26.1 Å². The van der Waals surface area contributed by atoms with Crippen LogP contribution in [0.1, 0.15) is 61.4 Å². The second-order valence-electron chi connectivity index (χ2n) is 6.74. The SMILES string of the molecule is CCCCN1C(=S)NC(c2ccccn2)C1c1cc(C)n(CC)c1C. The second-order valence-corrected chi connectivity index (χ2v) is 7.13. The molecule has 0 amide bonds. The molecule has 0 aliphatic carbocycles. The molecule has 5 heteroatoms. The molecule has 1 aliphatic heterocycles. The monoisotopic (exact) mass is 356 g/mol. The number of thiocarbonyl (C=S) groups is 1. The second kappa shape index (κ2) is 7.56. The van der Waals surface area contributed by atoms with Gasteiger partial charge in [0.05, 0.1) is 17.8 Å². The van der Waals surface area contributed by atoms with Gasteiger partial charge in [0, 0.05) is 30.7 Å². The number of pyridine rings is 1. The Kier molecular flexibility index (Phi) is 5.42. The average molecular weight is 357 g/mol. The highest BCUT2D eigenvalue weighted by molar-refractivity contribution is 7.80. The van der Waals surface area contributed by atoms with Crippen LogP contribution in [0.3, 0.4) is 0 Å². The molecule has 0 saturated carbocycles. The van der Waals surface area contributed by atoms with Gasteiger partial charge in [-0.3, -0.25) is 4.98 Å². The summed E-state index contributed by atoms with van der Waals surface area (Å²) in [5.74, 6) is 0. The number of unbranched alkanes of at least 4 members (excludes halogenated alkanes) is 1. The maximum absolute atomic E-state index is 5.70. The summed E-state index contributed by atoms with van der Waals surface area (Å²) in [6.07, 6.45) is 4.16. The fourth-order valence-electron chi connectivity index (χ4n) is 3.93. The van der Waals surface area contributed by atoms with Crippen molar-refractivity contribution in [2.75, 3.05) is 6.54 Å². The van der Waals surface area contributed by atoms with E-state index in [0.717, 1.165) is 36.7 Å². The minimum Gasteiger partial charge on any atom is -0.352 e. The molecule has 2 unspecified atom stereocenters. The van der Waals surface area contributed by atoms with E-state index in [1.807, 2.05) is 18.3 Å². The molecule has 2 aromatic rings. The predicted octanol–water partition coefficient (Wildman–Crippen LogP) is 4.29. The highest BCUT2D eigenvalue weighted by atomic mass is 32.1. The molecule has 4 nitrogen and oxygen atoms in total. The predicted molar refractivity (Wildman–Crippen MR) is 107 cm³/mol. The summed E-state index contributed by atoms with van der Waals surface area (Å²) < 4.78 is 2.38. The van der Waals surface area contributed by atoms with Crippen molar-refractivity contribution in [3.8, 4) is 0 Å². The van der Waals surface area contributed by atoms with Gasteiger partial charge in [0.2, 0.25) is 0 Å². The quantitative estimate of drug-likeness (QED) is 0.783. The van der Waals surface area contributed by atoms with Gasteiger partial charge in [-0.25, -0.2) is 0 Å². The lowest BCUT2D eigenvalue weighted by Crippen LogP contribution is -2.30. The van der Waals surface area contributed by atoms with Gasteiger partial charge in [0.25, 0.3) is 0 Å². The van der Waals surface area contributed by atoms with E-state index in [9.17, 15) is 0 Å². The number of nitrogens with zero attached hydrogens (tertiary/aromatic N) is 3. The van der Waals surface area contributed by atoms with Crippen LogP contribution in [0, 0.1) is 13.8 Å². The molecule has 3 heterocycles. The smallest absolute Gasteiger partial charge is 0.170 e. The lowest BCUT2D eigenvalue weighted by Gasteiger charge is -2.28. The van der Waals surface area contributed by atoms with E-state index in [4.69, 9.17) is 12.2 Å². The average Bonchev–Trinajstić information content (AvgIpc) is 3.09. The van der Waals surface area contributed by atoms with E-state index >= 15 is 0 Å². The normalized spacial score (nSPS) is 20.2. The Morgan fingerprint density at radius 1 is 1.24 bits per heavy atom. The summed E-state index contributed by atoms with van der Waals surface area (Å²) in [7, 11) is 0. The molecule has 134 valence electrons.